The minimum Gasteiger partial charge on any atom is -0.380 e. The predicted molar refractivity (Wildman–Crippen MR) is 80.1 cm³/mol. The number of benzene rings is 1. The van der Waals surface area contributed by atoms with Crippen molar-refractivity contribution in [2.75, 3.05) is 26.8 Å². The van der Waals surface area contributed by atoms with Crippen LogP contribution >= 0.6 is 0 Å². The highest BCUT2D eigenvalue weighted by atomic mass is 32.2. The molecule has 0 bridgehead atoms. The Morgan fingerprint density at radius 2 is 1.95 bits per heavy atom. The second kappa shape index (κ2) is 9.07. The molecule has 0 fully saturated rings. The fraction of sp³-hybridized carbons (Fsp3) is 0.571. The Bertz CT molecular complexity index is 489. The van der Waals surface area contributed by atoms with Crippen molar-refractivity contribution in [3.8, 4) is 0 Å². The zero-order valence-corrected chi connectivity index (χ0v) is 13.0. The Kier molecular flexibility index (Phi) is 7.76. The smallest absolute Gasteiger partial charge is 0.240 e. The molecule has 0 aliphatic heterocycles. The molecule has 6 heteroatoms. The number of nitrogens with one attached hydrogen (secondary N) is 2. The Hall–Kier alpha value is -0.950. The van der Waals surface area contributed by atoms with E-state index >= 15 is 0 Å². The molecule has 0 spiro atoms. The second-order valence-corrected chi connectivity index (χ2v) is 6.24. The molecule has 0 aliphatic rings. The molecule has 1 aromatic carbocycles. The van der Waals surface area contributed by atoms with Crippen LogP contribution in [0.2, 0.25) is 0 Å². The van der Waals surface area contributed by atoms with Gasteiger partial charge >= 0.3 is 0 Å². The number of sulfonamides is 1. The molecule has 5 nitrogen and oxygen atoms in total. The Morgan fingerprint density at radius 1 is 1.20 bits per heavy atom. The van der Waals surface area contributed by atoms with E-state index in [0.29, 0.717) is 31.2 Å². The van der Waals surface area contributed by atoms with Crippen LogP contribution in [0, 0.1) is 0 Å². The molecule has 1 rings (SSSR count). The molecule has 1 aromatic rings. The van der Waals surface area contributed by atoms with Gasteiger partial charge in [0.2, 0.25) is 10.0 Å². The van der Waals surface area contributed by atoms with Crippen LogP contribution in [0.4, 0.5) is 0 Å². The number of rotatable bonds is 10. The fourth-order valence-corrected chi connectivity index (χ4v) is 3.03. The molecule has 0 unspecified atom stereocenters. The van der Waals surface area contributed by atoms with Crippen LogP contribution in [0.1, 0.15) is 25.3 Å². The first-order valence-electron chi connectivity index (χ1n) is 6.91. The highest BCUT2D eigenvalue weighted by Gasteiger charge is 2.16. The molecular weight excluding hydrogens is 276 g/mol. The molecule has 0 heterocycles. The maximum absolute atomic E-state index is 12.2. The Balaban J connectivity index is 2.56. The van der Waals surface area contributed by atoms with Gasteiger partial charge in [0.1, 0.15) is 0 Å². The molecule has 0 aliphatic carbocycles. The maximum Gasteiger partial charge on any atom is 0.240 e. The van der Waals surface area contributed by atoms with Crippen molar-refractivity contribution >= 4 is 10.0 Å². The zero-order valence-electron chi connectivity index (χ0n) is 12.2. The molecule has 114 valence electrons. The van der Waals surface area contributed by atoms with Gasteiger partial charge in [0.05, 0.1) is 11.5 Å². The van der Waals surface area contributed by atoms with Gasteiger partial charge in [-0.2, -0.15) is 0 Å². The fourth-order valence-electron chi connectivity index (χ4n) is 1.78. The van der Waals surface area contributed by atoms with Gasteiger partial charge in [-0.05, 0) is 25.1 Å². The van der Waals surface area contributed by atoms with Gasteiger partial charge in [0.15, 0.2) is 0 Å². The lowest BCUT2D eigenvalue weighted by Gasteiger charge is -2.11. The van der Waals surface area contributed by atoms with Gasteiger partial charge in [-0.15, -0.1) is 0 Å². The Morgan fingerprint density at radius 3 is 2.65 bits per heavy atom. The molecule has 0 saturated heterocycles. The van der Waals surface area contributed by atoms with E-state index in [9.17, 15) is 8.42 Å². The molecule has 0 aromatic heterocycles. The highest BCUT2D eigenvalue weighted by molar-refractivity contribution is 7.89. The van der Waals surface area contributed by atoms with Gasteiger partial charge in [-0.25, -0.2) is 13.1 Å². The molecular formula is C14H24N2O3S. The van der Waals surface area contributed by atoms with Gasteiger partial charge < -0.3 is 10.1 Å². The van der Waals surface area contributed by atoms with E-state index in [4.69, 9.17) is 4.74 Å². The SMILES string of the molecule is CCCCOCCNS(=O)(=O)c1ccccc1CNC. The number of ether oxygens (including phenoxy) is 1. The summed E-state index contributed by atoms with van der Waals surface area (Å²) in [6.45, 7) is 3.97. The van der Waals surface area contributed by atoms with E-state index < -0.39 is 10.0 Å². The zero-order chi connectivity index (χ0) is 14.8. The largest absolute Gasteiger partial charge is 0.380 e. The van der Waals surface area contributed by atoms with Gasteiger partial charge in [0.25, 0.3) is 0 Å². The summed E-state index contributed by atoms with van der Waals surface area (Å²) in [5.41, 5.74) is 0.759. The van der Waals surface area contributed by atoms with Crippen molar-refractivity contribution in [3.05, 3.63) is 29.8 Å². The normalized spacial score (nSPS) is 11.7. The lowest BCUT2D eigenvalue weighted by atomic mass is 10.2. The first kappa shape index (κ1) is 17.1. The average molecular weight is 300 g/mol. The summed E-state index contributed by atoms with van der Waals surface area (Å²) in [6, 6.07) is 6.99. The minimum absolute atomic E-state index is 0.292. The molecule has 2 N–H and O–H groups in total. The van der Waals surface area contributed by atoms with E-state index in [-0.39, 0.29) is 0 Å². The van der Waals surface area contributed by atoms with Gasteiger partial charge in [-0.1, -0.05) is 31.5 Å². The lowest BCUT2D eigenvalue weighted by molar-refractivity contribution is 0.136. The minimum atomic E-state index is -3.48. The van der Waals surface area contributed by atoms with Crippen LogP contribution < -0.4 is 10.0 Å². The first-order valence-corrected chi connectivity index (χ1v) is 8.40. The maximum atomic E-state index is 12.2. The summed E-state index contributed by atoms with van der Waals surface area (Å²) in [5, 5.41) is 2.97. The van der Waals surface area contributed by atoms with Crippen molar-refractivity contribution < 1.29 is 13.2 Å². The molecule has 0 saturated carbocycles. The van der Waals surface area contributed by atoms with Crippen LogP contribution in [-0.4, -0.2) is 35.2 Å². The number of unbranched alkanes of at least 4 members (excludes halogenated alkanes) is 1. The van der Waals surface area contributed by atoms with Crippen molar-refractivity contribution in [1.82, 2.24) is 10.0 Å². The third-order valence-corrected chi connectivity index (χ3v) is 4.37. The molecule has 20 heavy (non-hydrogen) atoms. The van der Waals surface area contributed by atoms with Crippen molar-refractivity contribution in [3.63, 3.8) is 0 Å². The summed E-state index contributed by atoms with van der Waals surface area (Å²) in [5.74, 6) is 0. The summed E-state index contributed by atoms with van der Waals surface area (Å²) in [7, 11) is -1.69. The van der Waals surface area contributed by atoms with Gasteiger partial charge in [0, 0.05) is 19.7 Å². The van der Waals surface area contributed by atoms with E-state index in [1.54, 1.807) is 19.2 Å². The van der Waals surface area contributed by atoms with E-state index in [2.05, 4.69) is 17.0 Å². The summed E-state index contributed by atoms with van der Waals surface area (Å²) >= 11 is 0. The summed E-state index contributed by atoms with van der Waals surface area (Å²) < 4.78 is 32.4. The molecule has 0 amide bonds. The van der Waals surface area contributed by atoms with E-state index in [1.807, 2.05) is 12.1 Å². The molecule has 0 radical (unpaired) electrons. The highest BCUT2D eigenvalue weighted by Crippen LogP contribution is 2.14. The average Bonchev–Trinajstić information content (AvgIpc) is 2.43. The third-order valence-electron chi connectivity index (χ3n) is 2.81. The van der Waals surface area contributed by atoms with Crippen LogP contribution in [-0.2, 0) is 21.3 Å². The van der Waals surface area contributed by atoms with Crippen molar-refractivity contribution in [1.29, 1.82) is 0 Å². The number of hydrogen-bond acceptors (Lipinski definition) is 4. The Labute approximate surface area is 121 Å². The predicted octanol–water partition coefficient (Wildman–Crippen LogP) is 1.50. The third kappa shape index (κ3) is 5.58. The standard InChI is InChI=1S/C14H24N2O3S/c1-3-4-10-19-11-9-16-20(17,18)14-8-6-5-7-13(14)12-15-2/h5-8,15-16H,3-4,9-12H2,1-2H3. The van der Waals surface area contributed by atoms with Gasteiger partial charge in [-0.3, -0.25) is 0 Å². The summed E-state index contributed by atoms with van der Waals surface area (Å²) in [4.78, 5) is 0.322. The van der Waals surface area contributed by atoms with E-state index in [1.165, 1.54) is 0 Å². The topological polar surface area (TPSA) is 67.4 Å². The van der Waals surface area contributed by atoms with Crippen LogP contribution in [0.3, 0.4) is 0 Å². The van der Waals surface area contributed by atoms with Crippen LogP contribution in [0.5, 0.6) is 0 Å². The lowest BCUT2D eigenvalue weighted by Crippen LogP contribution is -2.28. The van der Waals surface area contributed by atoms with E-state index in [0.717, 1.165) is 18.4 Å². The monoisotopic (exact) mass is 300 g/mol. The quantitative estimate of drug-likeness (QED) is 0.643. The second-order valence-electron chi connectivity index (χ2n) is 4.50. The molecule has 0 atom stereocenters. The van der Waals surface area contributed by atoms with Crippen LogP contribution in [0.25, 0.3) is 0 Å². The summed E-state index contributed by atoms with van der Waals surface area (Å²) in [6.07, 6.45) is 2.07. The van der Waals surface area contributed by atoms with Crippen molar-refractivity contribution in [2.45, 2.75) is 31.2 Å². The number of hydrogen-bond donors (Lipinski definition) is 2. The van der Waals surface area contributed by atoms with Crippen molar-refractivity contribution in [2.24, 2.45) is 0 Å². The van der Waals surface area contributed by atoms with Crippen LogP contribution in [0.15, 0.2) is 29.2 Å². The first-order chi connectivity index (χ1) is 9.61.